The van der Waals surface area contributed by atoms with E-state index in [4.69, 9.17) is 9.47 Å². The Bertz CT molecular complexity index is 752. The summed E-state index contributed by atoms with van der Waals surface area (Å²) in [6.07, 6.45) is 0. The van der Waals surface area contributed by atoms with Crippen LogP contribution in [0.3, 0.4) is 0 Å². The molecule has 2 aromatic rings. The lowest BCUT2D eigenvalue weighted by atomic mass is 10.1. The van der Waals surface area contributed by atoms with Gasteiger partial charge in [0.2, 0.25) is 0 Å². The van der Waals surface area contributed by atoms with Crippen molar-refractivity contribution >= 4 is 17.7 Å². The molecule has 124 valence electrons. The van der Waals surface area contributed by atoms with E-state index < -0.39 is 30.1 Å². The predicted molar refractivity (Wildman–Crippen MR) is 83.4 cm³/mol. The Morgan fingerprint density at radius 1 is 0.875 bits per heavy atom. The molecular formula is C18H15FO5. The zero-order valence-corrected chi connectivity index (χ0v) is 13.0. The smallest absolute Gasteiger partial charge is 0.339 e. The van der Waals surface area contributed by atoms with Crippen LogP contribution in [0.15, 0.2) is 48.5 Å². The Morgan fingerprint density at radius 3 is 1.96 bits per heavy atom. The fourth-order valence-corrected chi connectivity index (χ4v) is 1.98. The third-order valence-corrected chi connectivity index (χ3v) is 3.14. The molecule has 24 heavy (non-hydrogen) atoms. The molecule has 0 spiro atoms. The lowest BCUT2D eigenvalue weighted by Gasteiger charge is -2.08. The van der Waals surface area contributed by atoms with Gasteiger partial charge in [0.25, 0.3) is 0 Å². The highest BCUT2D eigenvalue weighted by Crippen LogP contribution is 2.12. The molecule has 0 N–H and O–H groups in total. The number of ether oxygens (including phenoxy) is 2. The van der Waals surface area contributed by atoms with Crippen molar-refractivity contribution < 1.29 is 28.2 Å². The number of hydrogen-bond acceptors (Lipinski definition) is 5. The van der Waals surface area contributed by atoms with Crippen LogP contribution >= 0.6 is 0 Å². The molecule has 0 bridgehead atoms. The maximum atomic E-state index is 12.8. The number of halogens is 1. The molecule has 0 aliphatic heterocycles. The van der Waals surface area contributed by atoms with Crippen LogP contribution in [0.2, 0.25) is 0 Å². The van der Waals surface area contributed by atoms with Crippen molar-refractivity contribution in [2.45, 2.75) is 6.92 Å². The number of ketones is 1. The van der Waals surface area contributed by atoms with E-state index >= 15 is 0 Å². The van der Waals surface area contributed by atoms with E-state index in [9.17, 15) is 18.8 Å². The monoisotopic (exact) mass is 330 g/mol. The number of hydrogen-bond donors (Lipinski definition) is 0. The normalized spacial score (nSPS) is 10.1. The molecule has 2 aromatic carbocycles. The van der Waals surface area contributed by atoms with Crippen LogP contribution in [0, 0.1) is 5.82 Å². The average molecular weight is 330 g/mol. The van der Waals surface area contributed by atoms with Gasteiger partial charge in [-0.15, -0.1) is 0 Å². The molecular weight excluding hydrogens is 315 g/mol. The van der Waals surface area contributed by atoms with Crippen LogP contribution < -0.4 is 0 Å². The van der Waals surface area contributed by atoms with Crippen molar-refractivity contribution in [3.05, 3.63) is 71.0 Å². The van der Waals surface area contributed by atoms with E-state index in [1.807, 2.05) is 0 Å². The minimum Gasteiger partial charge on any atom is -0.462 e. The first-order chi connectivity index (χ1) is 11.5. The first-order valence-electron chi connectivity index (χ1n) is 7.25. The summed E-state index contributed by atoms with van der Waals surface area (Å²) in [5.74, 6) is -2.40. The van der Waals surface area contributed by atoms with Gasteiger partial charge in [0.15, 0.2) is 12.4 Å². The Kier molecular flexibility index (Phi) is 5.78. The SMILES string of the molecule is CCOC(=O)c1ccccc1C(=O)OCC(=O)c1ccc(F)cc1. The van der Waals surface area contributed by atoms with Gasteiger partial charge in [0.05, 0.1) is 17.7 Å². The molecule has 0 radical (unpaired) electrons. The molecule has 0 heterocycles. The molecule has 5 nitrogen and oxygen atoms in total. The van der Waals surface area contributed by atoms with Crippen molar-refractivity contribution in [3.8, 4) is 0 Å². The van der Waals surface area contributed by atoms with Crippen LogP contribution in [0.4, 0.5) is 4.39 Å². The second-order valence-corrected chi connectivity index (χ2v) is 4.77. The number of esters is 2. The lowest BCUT2D eigenvalue weighted by Crippen LogP contribution is -2.17. The molecule has 0 fully saturated rings. The third kappa shape index (κ3) is 4.25. The van der Waals surface area contributed by atoms with Gasteiger partial charge in [-0.25, -0.2) is 14.0 Å². The van der Waals surface area contributed by atoms with Crippen molar-refractivity contribution in [3.63, 3.8) is 0 Å². The van der Waals surface area contributed by atoms with E-state index in [1.54, 1.807) is 19.1 Å². The van der Waals surface area contributed by atoms with Crippen LogP contribution in [0.1, 0.15) is 38.0 Å². The zero-order chi connectivity index (χ0) is 17.5. The van der Waals surface area contributed by atoms with E-state index in [-0.39, 0.29) is 23.3 Å². The molecule has 0 saturated carbocycles. The fourth-order valence-electron chi connectivity index (χ4n) is 1.98. The van der Waals surface area contributed by atoms with Gasteiger partial charge >= 0.3 is 11.9 Å². The predicted octanol–water partition coefficient (Wildman–Crippen LogP) is 3.04. The molecule has 0 aliphatic rings. The minimum absolute atomic E-state index is 0.0165. The molecule has 0 amide bonds. The van der Waals surface area contributed by atoms with E-state index in [0.717, 1.165) is 12.1 Å². The summed E-state index contributed by atoms with van der Waals surface area (Å²) >= 11 is 0. The molecule has 0 unspecified atom stereocenters. The van der Waals surface area contributed by atoms with Gasteiger partial charge in [-0.1, -0.05) is 12.1 Å². The number of carbonyl (C=O) groups excluding carboxylic acids is 3. The number of Topliss-reactive ketones (excluding diaryl/α,β-unsaturated/α-hetero) is 1. The lowest BCUT2D eigenvalue weighted by molar-refractivity contribution is 0.0452. The quantitative estimate of drug-likeness (QED) is 0.601. The van der Waals surface area contributed by atoms with Crippen molar-refractivity contribution in [2.75, 3.05) is 13.2 Å². The maximum absolute atomic E-state index is 12.8. The van der Waals surface area contributed by atoms with E-state index in [1.165, 1.54) is 24.3 Å². The van der Waals surface area contributed by atoms with Crippen molar-refractivity contribution in [1.29, 1.82) is 0 Å². The summed E-state index contributed by atoms with van der Waals surface area (Å²) in [6.45, 7) is 1.31. The largest absolute Gasteiger partial charge is 0.462 e. The second-order valence-electron chi connectivity index (χ2n) is 4.77. The molecule has 2 rings (SSSR count). The highest BCUT2D eigenvalue weighted by molar-refractivity contribution is 6.04. The summed E-state index contributed by atoms with van der Waals surface area (Å²) < 4.78 is 22.7. The highest BCUT2D eigenvalue weighted by Gasteiger charge is 2.19. The van der Waals surface area contributed by atoms with Crippen LogP contribution in [0.5, 0.6) is 0 Å². The first-order valence-corrected chi connectivity index (χ1v) is 7.25. The number of carbonyl (C=O) groups is 3. The van der Waals surface area contributed by atoms with Crippen molar-refractivity contribution in [1.82, 2.24) is 0 Å². The minimum atomic E-state index is -0.811. The van der Waals surface area contributed by atoms with E-state index in [2.05, 4.69) is 0 Å². The molecule has 6 heteroatoms. The Labute approximate surface area is 138 Å². The molecule has 0 atom stereocenters. The fraction of sp³-hybridized carbons (Fsp3) is 0.167. The summed E-state index contributed by atoms with van der Waals surface area (Å²) in [5, 5.41) is 0. The highest BCUT2D eigenvalue weighted by atomic mass is 19.1. The second kappa shape index (κ2) is 8.01. The Hall–Kier alpha value is -3.02. The zero-order valence-electron chi connectivity index (χ0n) is 13.0. The first kappa shape index (κ1) is 17.3. The van der Waals surface area contributed by atoms with Crippen LogP contribution in [0.25, 0.3) is 0 Å². The summed E-state index contributed by atoms with van der Waals surface area (Å²) in [6, 6.07) is 10.9. The number of benzene rings is 2. The molecule has 0 aromatic heterocycles. The summed E-state index contributed by atoms with van der Waals surface area (Å²) in [7, 11) is 0. The Balaban J connectivity index is 2.06. The number of rotatable bonds is 6. The standard InChI is InChI=1S/C18H15FO5/c1-2-23-17(21)14-5-3-4-6-15(14)18(22)24-11-16(20)12-7-9-13(19)10-8-12/h3-10H,2,11H2,1H3. The van der Waals surface area contributed by atoms with Crippen molar-refractivity contribution in [2.24, 2.45) is 0 Å². The van der Waals surface area contributed by atoms with Gasteiger partial charge in [-0.2, -0.15) is 0 Å². The Morgan fingerprint density at radius 2 is 1.42 bits per heavy atom. The third-order valence-electron chi connectivity index (χ3n) is 3.14. The topological polar surface area (TPSA) is 69.7 Å². The van der Waals surface area contributed by atoms with Gasteiger partial charge in [-0.05, 0) is 43.3 Å². The van der Waals surface area contributed by atoms with Gasteiger partial charge in [-0.3, -0.25) is 4.79 Å². The average Bonchev–Trinajstić information content (AvgIpc) is 2.60. The van der Waals surface area contributed by atoms with Gasteiger partial charge < -0.3 is 9.47 Å². The molecule has 0 saturated heterocycles. The van der Waals surface area contributed by atoms with Gasteiger partial charge in [0, 0.05) is 5.56 Å². The van der Waals surface area contributed by atoms with Crippen LogP contribution in [-0.2, 0) is 9.47 Å². The van der Waals surface area contributed by atoms with Gasteiger partial charge in [0.1, 0.15) is 5.82 Å². The summed E-state index contributed by atoms with van der Waals surface area (Å²) in [5.41, 5.74) is 0.310. The summed E-state index contributed by atoms with van der Waals surface area (Å²) in [4.78, 5) is 35.9. The molecule has 0 aliphatic carbocycles. The maximum Gasteiger partial charge on any atom is 0.339 e. The van der Waals surface area contributed by atoms with E-state index in [0.29, 0.717) is 0 Å². The van der Waals surface area contributed by atoms with Crippen LogP contribution in [-0.4, -0.2) is 30.9 Å².